The molecule has 2 aromatic carbocycles. The Hall–Kier alpha value is -3.65. The summed E-state index contributed by atoms with van der Waals surface area (Å²) in [4.78, 5) is 21.0. The Morgan fingerprint density at radius 1 is 1.03 bits per heavy atom. The fourth-order valence-electron chi connectivity index (χ4n) is 3.46. The van der Waals surface area contributed by atoms with Crippen LogP contribution in [-0.4, -0.2) is 30.5 Å². The van der Waals surface area contributed by atoms with Gasteiger partial charge in [0.05, 0.1) is 22.7 Å². The zero-order valence-corrected chi connectivity index (χ0v) is 18.3. The maximum absolute atomic E-state index is 13.5. The Morgan fingerprint density at radius 2 is 1.84 bits per heavy atom. The van der Waals surface area contributed by atoms with Crippen molar-refractivity contribution in [3.8, 4) is 11.3 Å². The second kappa shape index (κ2) is 8.47. The molecule has 0 bridgehead atoms. The van der Waals surface area contributed by atoms with Gasteiger partial charge in [-0.05, 0) is 54.3 Å². The molecule has 162 valence electrons. The zero-order chi connectivity index (χ0) is 22.9. The van der Waals surface area contributed by atoms with E-state index >= 15 is 0 Å². The first kappa shape index (κ1) is 21.6. The summed E-state index contributed by atoms with van der Waals surface area (Å²) in [5.41, 5.74) is 2.84. The number of hydrogen-bond donors (Lipinski definition) is 1. The maximum atomic E-state index is 13.5. The van der Waals surface area contributed by atoms with Gasteiger partial charge in [0, 0.05) is 29.1 Å². The third kappa shape index (κ3) is 4.81. The van der Waals surface area contributed by atoms with E-state index in [-0.39, 0.29) is 17.2 Å². The topological polar surface area (TPSA) is 89.0 Å². The summed E-state index contributed by atoms with van der Waals surface area (Å²) < 4.78 is 37.3. The average Bonchev–Trinajstić information content (AvgIpc) is 2.74. The van der Waals surface area contributed by atoms with Crippen molar-refractivity contribution in [2.24, 2.45) is 0 Å². The number of benzene rings is 2. The molecule has 0 unspecified atom stereocenters. The molecule has 8 heteroatoms. The van der Waals surface area contributed by atoms with Crippen LogP contribution in [0.1, 0.15) is 11.3 Å². The minimum atomic E-state index is -3.40. The van der Waals surface area contributed by atoms with Crippen LogP contribution in [-0.2, 0) is 21.1 Å². The molecule has 0 saturated carbocycles. The SMILES string of the molecule is Cc1ccc(NC(=O)Cc2cc3cc(-c4cccc(F)n4)ccc3cn2)cc1S(C)(=O)=O. The number of carbonyl (C=O) groups is 1. The summed E-state index contributed by atoms with van der Waals surface area (Å²) in [6, 6.07) is 16.8. The number of amides is 1. The number of aryl methyl sites for hydroxylation is 1. The van der Waals surface area contributed by atoms with Crippen molar-refractivity contribution in [3.05, 3.63) is 84.1 Å². The van der Waals surface area contributed by atoms with Crippen LogP contribution in [0.2, 0.25) is 0 Å². The highest BCUT2D eigenvalue weighted by Crippen LogP contribution is 2.24. The minimum absolute atomic E-state index is 0.0144. The number of hydrogen-bond acceptors (Lipinski definition) is 5. The Bertz CT molecular complexity index is 1450. The second-order valence-electron chi connectivity index (χ2n) is 7.56. The molecule has 0 aliphatic carbocycles. The first-order chi connectivity index (χ1) is 15.2. The van der Waals surface area contributed by atoms with Crippen LogP contribution >= 0.6 is 0 Å². The van der Waals surface area contributed by atoms with Crippen molar-refractivity contribution in [2.75, 3.05) is 11.6 Å². The standard InChI is InChI=1S/C24H20FN3O3S/c1-15-6-9-19(12-22(15)32(2,30)31)27-24(29)13-20-11-18-10-16(7-8-17(18)14-26-20)21-4-3-5-23(25)28-21/h3-12,14H,13H2,1-2H3,(H,27,29). The third-order valence-electron chi connectivity index (χ3n) is 5.00. The molecule has 0 atom stereocenters. The molecule has 0 radical (unpaired) electrons. The van der Waals surface area contributed by atoms with Crippen LogP contribution in [0.15, 0.2) is 71.8 Å². The van der Waals surface area contributed by atoms with Gasteiger partial charge < -0.3 is 5.32 Å². The van der Waals surface area contributed by atoms with Crippen molar-refractivity contribution >= 4 is 32.2 Å². The third-order valence-corrected chi connectivity index (χ3v) is 6.24. The monoisotopic (exact) mass is 449 g/mol. The van der Waals surface area contributed by atoms with Gasteiger partial charge in [0.15, 0.2) is 9.84 Å². The molecule has 2 heterocycles. The van der Waals surface area contributed by atoms with Gasteiger partial charge in [-0.25, -0.2) is 13.4 Å². The van der Waals surface area contributed by atoms with Gasteiger partial charge >= 0.3 is 0 Å². The lowest BCUT2D eigenvalue weighted by atomic mass is 10.0. The summed E-state index contributed by atoms with van der Waals surface area (Å²) >= 11 is 0. The second-order valence-corrected chi connectivity index (χ2v) is 9.54. The molecule has 0 spiro atoms. The van der Waals surface area contributed by atoms with Crippen molar-refractivity contribution in [2.45, 2.75) is 18.2 Å². The van der Waals surface area contributed by atoms with E-state index in [1.165, 1.54) is 12.1 Å². The lowest BCUT2D eigenvalue weighted by Gasteiger charge is -2.09. The molecule has 32 heavy (non-hydrogen) atoms. The maximum Gasteiger partial charge on any atom is 0.230 e. The van der Waals surface area contributed by atoms with E-state index in [0.29, 0.717) is 22.6 Å². The van der Waals surface area contributed by atoms with Gasteiger partial charge in [-0.3, -0.25) is 9.78 Å². The van der Waals surface area contributed by atoms with E-state index in [1.54, 1.807) is 43.5 Å². The average molecular weight is 450 g/mol. The normalized spacial score (nSPS) is 11.5. The van der Waals surface area contributed by atoms with Crippen LogP contribution < -0.4 is 5.32 Å². The highest BCUT2D eigenvalue weighted by atomic mass is 32.2. The van der Waals surface area contributed by atoms with Gasteiger partial charge in [-0.1, -0.05) is 24.3 Å². The quantitative estimate of drug-likeness (QED) is 0.458. The number of sulfone groups is 1. The zero-order valence-electron chi connectivity index (χ0n) is 17.5. The first-order valence-electron chi connectivity index (χ1n) is 9.81. The molecule has 0 saturated heterocycles. The van der Waals surface area contributed by atoms with Gasteiger partial charge in [-0.2, -0.15) is 4.39 Å². The molecule has 1 amide bonds. The van der Waals surface area contributed by atoms with Gasteiger partial charge in [0.1, 0.15) is 0 Å². The largest absolute Gasteiger partial charge is 0.326 e. The van der Waals surface area contributed by atoms with Crippen molar-refractivity contribution in [3.63, 3.8) is 0 Å². The molecule has 0 aliphatic heterocycles. The van der Waals surface area contributed by atoms with E-state index in [0.717, 1.165) is 22.6 Å². The molecule has 6 nitrogen and oxygen atoms in total. The molecular weight excluding hydrogens is 429 g/mol. The van der Waals surface area contributed by atoms with E-state index in [9.17, 15) is 17.6 Å². The summed E-state index contributed by atoms with van der Waals surface area (Å²) in [7, 11) is -3.40. The van der Waals surface area contributed by atoms with Crippen molar-refractivity contribution in [1.82, 2.24) is 9.97 Å². The Kier molecular flexibility index (Phi) is 5.71. The number of rotatable bonds is 5. The Balaban J connectivity index is 1.56. The fourth-order valence-corrected chi connectivity index (χ4v) is 4.45. The highest BCUT2D eigenvalue weighted by Gasteiger charge is 2.13. The predicted octanol–water partition coefficient (Wildman–Crippen LogP) is 4.33. The Morgan fingerprint density at radius 3 is 2.59 bits per heavy atom. The van der Waals surface area contributed by atoms with Crippen LogP contribution in [0, 0.1) is 12.9 Å². The molecule has 2 aromatic heterocycles. The molecule has 0 fully saturated rings. The number of anilines is 1. The van der Waals surface area contributed by atoms with Gasteiger partial charge in [-0.15, -0.1) is 0 Å². The molecule has 1 N–H and O–H groups in total. The Labute approximate surface area is 185 Å². The highest BCUT2D eigenvalue weighted by molar-refractivity contribution is 7.90. The van der Waals surface area contributed by atoms with Crippen LogP contribution in [0.3, 0.4) is 0 Å². The van der Waals surface area contributed by atoms with Gasteiger partial charge in [0.2, 0.25) is 11.9 Å². The summed E-state index contributed by atoms with van der Waals surface area (Å²) in [6.07, 6.45) is 2.82. The number of halogens is 1. The van der Waals surface area contributed by atoms with Crippen molar-refractivity contribution < 1.29 is 17.6 Å². The lowest BCUT2D eigenvalue weighted by molar-refractivity contribution is -0.115. The number of carbonyl (C=O) groups excluding carboxylic acids is 1. The molecule has 4 rings (SSSR count). The molecule has 0 aliphatic rings. The molecule has 4 aromatic rings. The van der Waals surface area contributed by atoms with E-state index in [4.69, 9.17) is 0 Å². The number of nitrogens with one attached hydrogen (secondary N) is 1. The lowest BCUT2D eigenvalue weighted by Crippen LogP contribution is -2.15. The van der Waals surface area contributed by atoms with Crippen molar-refractivity contribution in [1.29, 1.82) is 0 Å². The van der Waals surface area contributed by atoms with E-state index < -0.39 is 15.8 Å². The smallest absolute Gasteiger partial charge is 0.230 e. The number of fused-ring (bicyclic) bond motifs is 1. The summed E-state index contributed by atoms with van der Waals surface area (Å²) in [5.74, 6) is -0.868. The molecular formula is C24H20FN3O3S. The van der Waals surface area contributed by atoms with Gasteiger partial charge in [0.25, 0.3) is 0 Å². The first-order valence-corrected chi connectivity index (χ1v) is 11.7. The fraction of sp³-hybridized carbons (Fsp3) is 0.125. The van der Waals surface area contributed by atoms with E-state index in [2.05, 4.69) is 15.3 Å². The summed E-state index contributed by atoms with van der Waals surface area (Å²) in [6.45, 7) is 1.70. The number of aromatic nitrogens is 2. The number of nitrogens with zero attached hydrogens (tertiary/aromatic N) is 2. The van der Waals surface area contributed by atoms with Crippen LogP contribution in [0.25, 0.3) is 22.0 Å². The summed E-state index contributed by atoms with van der Waals surface area (Å²) in [5, 5.41) is 4.46. The predicted molar refractivity (Wildman–Crippen MR) is 122 cm³/mol. The number of pyridine rings is 2. The van der Waals surface area contributed by atoms with Crippen LogP contribution in [0.5, 0.6) is 0 Å². The minimum Gasteiger partial charge on any atom is -0.326 e. The van der Waals surface area contributed by atoms with E-state index in [1.807, 2.05) is 18.2 Å². The van der Waals surface area contributed by atoms with Crippen LogP contribution in [0.4, 0.5) is 10.1 Å².